The van der Waals surface area contributed by atoms with Crippen LogP contribution in [0.1, 0.15) is 43.4 Å². The topological polar surface area (TPSA) is 58.6 Å². The summed E-state index contributed by atoms with van der Waals surface area (Å²) in [7, 11) is 0. The molecule has 1 N–H and O–H groups in total. The van der Waals surface area contributed by atoms with E-state index in [2.05, 4.69) is 5.32 Å². The summed E-state index contributed by atoms with van der Waals surface area (Å²) < 4.78 is 5.62. The summed E-state index contributed by atoms with van der Waals surface area (Å²) in [4.78, 5) is 27.7. The molecule has 2 aromatic carbocycles. The molecule has 2 unspecified atom stereocenters. The fourth-order valence-electron chi connectivity index (χ4n) is 3.53. The predicted octanol–water partition coefficient (Wildman–Crippen LogP) is 3.46. The maximum Gasteiger partial charge on any atom is 0.247 e. The van der Waals surface area contributed by atoms with E-state index in [0.29, 0.717) is 19.5 Å². The largest absolute Gasteiger partial charge is 0.376 e. The minimum Gasteiger partial charge on any atom is -0.376 e. The van der Waals surface area contributed by atoms with E-state index in [-0.39, 0.29) is 17.9 Å². The third-order valence-corrected chi connectivity index (χ3v) is 5.02. The summed E-state index contributed by atoms with van der Waals surface area (Å²) in [6.45, 7) is 3.44. The standard InChI is InChI=1S/C23H28N2O3/c1-2-21(26)25(17-18-10-5-3-6-11-18)22(19-12-7-4-8-13-19)23(27)24-16-20-14-9-15-28-20/h3-8,10-13,20,22H,2,9,14-17H2,1H3,(H,24,27). The number of rotatable bonds is 8. The van der Waals surface area contributed by atoms with Crippen LogP contribution in [-0.2, 0) is 20.9 Å². The van der Waals surface area contributed by atoms with Crippen LogP contribution in [0.5, 0.6) is 0 Å². The summed E-state index contributed by atoms with van der Waals surface area (Å²) in [6.07, 6.45) is 2.38. The molecule has 3 rings (SSSR count). The molecule has 1 heterocycles. The van der Waals surface area contributed by atoms with Crippen molar-refractivity contribution in [2.24, 2.45) is 0 Å². The summed E-state index contributed by atoms with van der Waals surface area (Å²) >= 11 is 0. The Hall–Kier alpha value is -2.66. The van der Waals surface area contributed by atoms with E-state index in [1.165, 1.54) is 0 Å². The van der Waals surface area contributed by atoms with Gasteiger partial charge in [0.2, 0.25) is 11.8 Å². The van der Waals surface area contributed by atoms with Gasteiger partial charge in [-0.15, -0.1) is 0 Å². The van der Waals surface area contributed by atoms with Gasteiger partial charge in [0.15, 0.2) is 0 Å². The zero-order chi connectivity index (χ0) is 19.8. The molecular formula is C23H28N2O3. The van der Waals surface area contributed by atoms with Crippen LogP contribution in [0.15, 0.2) is 60.7 Å². The Morgan fingerprint density at radius 2 is 1.79 bits per heavy atom. The highest BCUT2D eigenvalue weighted by atomic mass is 16.5. The first-order chi connectivity index (χ1) is 13.7. The molecule has 2 aromatic rings. The van der Waals surface area contributed by atoms with Gasteiger partial charge in [0, 0.05) is 26.1 Å². The lowest BCUT2D eigenvalue weighted by atomic mass is 10.0. The van der Waals surface area contributed by atoms with Gasteiger partial charge >= 0.3 is 0 Å². The molecule has 1 aliphatic heterocycles. The van der Waals surface area contributed by atoms with Crippen LogP contribution in [0.3, 0.4) is 0 Å². The molecule has 0 spiro atoms. The highest BCUT2D eigenvalue weighted by Crippen LogP contribution is 2.25. The summed E-state index contributed by atoms with van der Waals surface area (Å²) in [5.41, 5.74) is 1.81. The van der Waals surface area contributed by atoms with E-state index in [1.54, 1.807) is 4.90 Å². The number of ether oxygens (including phenoxy) is 1. The lowest BCUT2D eigenvalue weighted by molar-refractivity contribution is -0.141. The number of hydrogen-bond donors (Lipinski definition) is 1. The molecule has 28 heavy (non-hydrogen) atoms. The summed E-state index contributed by atoms with van der Waals surface area (Å²) in [6, 6.07) is 18.6. The number of hydrogen-bond acceptors (Lipinski definition) is 3. The van der Waals surface area contributed by atoms with Crippen molar-refractivity contribution < 1.29 is 14.3 Å². The minimum atomic E-state index is -0.671. The van der Waals surface area contributed by atoms with Crippen LogP contribution < -0.4 is 5.32 Å². The predicted molar refractivity (Wildman–Crippen MR) is 108 cm³/mol. The fourth-order valence-corrected chi connectivity index (χ4v) is 3.53. The average molecular weight is 380 g/mol. The first-order valence-electron chi connectivity index (χ1n) is 9.96. The Balaban J connectivity index is 1.85. The first kappa shape index (κ1) is 20.1. The highest BCUT2D eigenvalue weighted by Gasteiger charge is 2.31. The third-order valence-electron chi connectivity index (χ3n) is 5.02. The molecule has 0 aromatic heterocycles. The van der Waals surface area contributed by atoms with Gasteiger partial charge in [-0.05, 0) is 24.0 Å². The Labute approximate surface area is 166 Å². The van der Waals surface area contributed by atoms with Gasteiger partial charge in [-0.2, -0.15) is 0 Å². The van der Waals surface area contributed by atoms with E-state index in [1.807, 2.05) is 67.6 Å². The second kappa shape index (κ2) is 10.0. The van der Waals surface area contributed by atoms with E-state index < -0.39 is 6.04 Å². The van der Waals surface area contributed by atoms with Crippen LogP contribution in [0.2, 0.25) is 0 Å². The first-order valence-corrected chi connectivity index (χ1v) is 9.96. The number of nitrogens with zero attached hydrogens (tertiary/aromatic N) is 1. The molecule has 148 valence electrons. The maximum absolute atomic E-state index is 13.2. The Morgan fingerprint density at radius 3 is 2.39 bits per heavy atom. The van der Waals surface area contributed by atoms with E-state index in [0.717, 1.165) is 30.6 Å². The van der Waals surface area contributed by atoms with Crippen LogP contribution >= 0.6 is 0 Å². The number of carbonyl (C=O) groups excluding carboxylic acids is 2. The lowest BCUT2D eigenvalue weighted by Gasteiger charge is -2.31. The van der Waals surface area contributed by atoms with Crippen molar-refractivity contribution in [1.82, 2.24) is 10.2 Å². The molecule has 0 bridgehead atoms. The molecule has 5 nitrogen and oxygen atoms in total. The number of carbonyl (C=O) groups is 2. The number of benzene rings is 2. The van der Waals surface area contributed by atoms with Crippen molar-refractivity contribution in [3.05, 3.63) is 71.8 Å². The van der Waals surface area contributed by atoms with Crippen molar-refractivity contribution >= 4 is 11.8 Å². The van der Waals surface area contributed by atoms with Gasteiger partial charge in [-0.3, -0.25) is 9.59 Å². The van der Waals surface area contributed by atoms with Gasteiger partial charge in [-0.1, -0.05) is 67.6 Å². The summed E-state index contributed by atoms with van der Waals surface area (Å²) in [5, 5.41) is 3.01. The van der Waals surface area contributed by atoms with Gasteiger partial charge in [0.25, 0.3) is 0 Å². The summed E-state index contributed by atoms with van der Waals surface area (Å²) in [5.74, 6) is -0.218. The molecule has 0 saturated carbocycles. The quantitative estimate of drug-likeness (QED) is 0.763. The molecule has 5 heteroatoms. The molecule has 0 aliphatic carbocycles. The zero-order valence-corrected chi connectivity index (χ0v) is 16.3. The van der Waals surface area contributed by atoms with Gasteiger partial charge in [0.1, 0.15) is 6.04 Å². The van der Waals surface area contributed by atoms with Crippen LogP contribution in [0.4, 0.5) is 0 Å². The van der Waals surface area contributed by atoms with Gasteiger partial charge in [0.05, 0.1) is 6.10 Å². The smallest absolute Gasteiger partial charge is 0.247 e. The normalized spacial score (nSPS) is 17.1. The maximum atomic E-state index is 13.2. The molecule has 2 atom stereocenters. The molecular weight excluding hydrogens is 352 g/mol. The minimum absolute atomic E-state index is 0.0510. The van der Waals surface area contributed by atoms with Gasteiger partial charge in [-0.25, -0.2) is 0 Å². The monoisotopic (exact) mass is 380 g/mol. The second-order valence-electron chi connectivity index (χ2n) is 7.05. The molecule has 1 saturated heterocycles. The van der Waals surface area contributed by atoms with Crippen LogP contribution in [-0.4, -0.2) is 36.0 Å². The number of nitrogens with one attached hydrogen (secondary N) is 1. The second-order valence-corrected chi connectivity index (χ2v) is 7.05. The fraction of sp³-hybridized carbons (Fsp3) is 0.391. The van der Waals surface area contributed by atoms with E-state index >= 15 is 0 Å². The average Bonchev–Trinajstić information content (AvgIpc) is 3.26. The Kier molecular flexibility index (Phi) is 7.20. The van der Waals surface area contributed by atoms with Crippen molar-refractivity contribution in [2.75, 3.05) is 13.2 Å². The van der Waals surface area contributed by atoms with Crippen molar-refractivity contribution in [3.8, 4) is 0 Å². The molecule has 1 aliphatic rings. The van der Waals surface area contributed by atoms with Gasteiger partial charge < -0.3 is 15.0 Å². The van der Waals surface area contributed by atoms with E-state index in [9.17, 15) is 9.59 Å². The molecule has 0 radical (unpaired) electrons. The zero-order valence-electron chi connectivity index (χ0n) is 16.3. The highest BCUT2D eigenvalue weighted by molar-refractivity contribution is 5.88. The number of amides is 2. The van der Waals surface area contributed by atoms with E-state index in [4.69, 9.17) is 4.74 Å². The van der Waals surface area contributed by atoms with Crippen molar-refractivity contribution in [1.29, 1.82) is 0 Å². The third kappa shape index (κ3) is 5.20. The van der Waals surface area contributed by atoms with Crippen molar-refractivity contribution in [2.45, 2.75) is 44.9 Å². The SMILES string of the molecule is CCC(=O)N(Cc1ccccc1)C(C(=O)NCC1CCCO1)c1ccccc1. The van der Waals surface area contributed by atoms with Crippen LogP contribution in [0.25, 0.3) is 0 Å². The van der Waals surface area contributed by atoms with Crippen molar-refractivity contribution in [3.63, 3.8) is 0 Å². The Bertz CT molecular complexity index is 758. The molecule has 2 amide bonds. The lowest BCUT2D eigenvalue weighted by Crippen LogP contribution is -2.44. The Morgan fingerprint density at radius 1 is 1.11 bits per heavy atom. The molecule has 1 fully saturated rings. The van der Waals surface area contributed by atoms with Crippen LogP contribution in [0, 0.1) is 0 Å².